The summed E-state index contributed by atoms with van der Waals surface area (Å²) in [4.78, 5) is 24.6. The van der Waals surface area contributed by atoms with E-state index in [0.29, 0.717) is 19.5 Å². The Morgan fingerprint density at radius 1 is 1.56 bits per heavy atom. The van der Waals surface area contributed by atoms with Crippen molar-refractivity contribution in [2.24, 2.45) is 5.92 Å². The highest BCUT2D eigenvalue weighted by molar-refractivity contribution is 5.83. The fourth-order valence-corrected chi connectivity index (χ4v) is 2.07. The van der Waals surface area contributed by atoms with E-state index in [1.807, 2.05) is 6.92 Å². The molecule has 0 saturated carbocycles. The van der Waals surface area contributed by atoms with Gasteiger partial charge in [-0.25, -0.2) is 0 Å². The molecule has 1 amide bonds. The molecule has 0 aromatic carbocycles. The van der Waals surface area contributed by atoms with Crippen molar-refractivity contribution in [1.82, 2.24) is 10.2 Å². The summed E-state index contributed by atoms with van der Waals surface area (Å²) in [7, 11) is 1.63. The number of carbonyl (C=O) groups excluding carboxylic acids is 1. The monoisotopic (exact) mass is 258 g/mol. The fourth-order valence-electron chi connectivity index (χ4n) is 2.07. The lowest BCUT2D eigenvalue weighted by Gasteiger charge is -2.25. The van der Waals surface area contributed by atoms with Crippen molar-refractivity contribution in [1.29, 1.82) is 0 Å². The second kappa shape index (κ2) is 6.70. The minimum atomic E-state index is -0.879. The molecule has 6 heteroatoms. The molecule has 1 aliphatic heterocycles. The highest BCUT2D eigenvalue weighted by Gasteiger charge is 2.32. The summed E-state index contributed by atoms with van der Waals surface area (Å²) in [5, 5.41) is 12.0. The first-order valence-corrected chi connectivity index (χ1v) is 6.27. The van der Waals surface area contributed by atoms with Gasteiger partial charge in [0.05, 0.1) is 18.1 Å². The number of hydrogen-bond acceptors (Lipinski definition) is 4. The van der Waals surface area contributed by atoms with Crippen LogP contribution in [0.3, 0.4) is 0 Å². The molecule has 3 atom stereocenters. The molecular weight excluding hydrogens is 236 g/mol. The van der Waals surface area contributed by atoms with Gasteiger partial charge in [0.2, 0.25) is 5.91 Å². The number of carbonyl (C=O) groups is 2. The second-order valence-corrected chi connectivity index (χ2v) is 4.67. The quantitative estimate of drug-likeness (QED) is 0.697. The summed E-state index contributed by atoms with van der Waals surface area (Å²) >= 11 is 0. The number of hydrogen-bond donors (Lipinski definition) is 2. The number of rotatable bonds is 6. The Bertz CT molecular complexity index is 308. The Morgan fingerprint density at radius 3 is 2.67 bits per heavy atom. The molecule has 1 fully saturated rings. The van der Waals surface area contributed by atoms with Crippen LogP contribution in [0.25, 0.3) is 0 Å². The van der Waals surface area contributed by atoms with Crippen molar-refractivity contribution in [2.75, 3.05) is 26.7 Å². The number of methoxy groups -OCH3 is 1. The minimum absolute atomic E-state index is 0.0369. The maximum atomic E-state index is 12.2. The van der Waals surface area contributed by atoms with Crippen molar-refractivity contribution in [3.05, 3.63) is 0 Å². The number of carboxylic acids is 1. The summed E-state index contributed by atoms with van der Waals surface area (Å²) in [6, 6.07) is -0.254. The Morgan fingerprint density at radius 2 is 2.22 bits per heavy atom. The lowest BCUT2D eigenvalue weighted by atomic mass is 10.1. The SMILES string of the molecule is CCN(CC(C)C(=O)O)C(=O)C1CC(OC)CN1. The van der Waals surface area contributed by atoms with E-state index < -0.39 is 11.9 Å². The summed E-state index contributed by atoms with van der Waals surface area (Å²) in [5.41, 5.74) is 0. The predicted octanol–water partition coefficient (Wildman–Crippen LogP) is -0.0675. The molecule has 0 spiro atoms. The van der Waals surface area contributed by atoms with E-state index in [0.717, 1.165) is 0 Å². The third-order valence-electron chi connectivity index (χ3n) is 3.33. The van der Waals surface area contributed by atoms with Gasteiger partial charge in [-0.15, -0.1) is 0 Å². The number of nitrogens with one attached hydrogen (secondary N) is 1. The molecule has 3 unspecified atom stereocenters. The van der Waals surface area contributed by atoms with Crippen LogP contribution >= 0.6 is 0 Å². The average molecular weight is 258 g/mol. The molecule has 0 aromatic heterocycles. The molecular formula is C12H22N2O4. The Hall–Kier alpha value is -1.14. The van der Waals surface area contributed by atoms with E-state index >= 15 is 0 Å². The number of carboxylic acid groups (broad SMARTS) is 1. The molecule has 18 heavy (non-hydrogen) atoms. The summed E-state index contributed by atoms with van der Waals surface area (Å²) in [5.74, 6) is -1.46. The van der Waals surface area contributed by atoms with Crippen LogP contribution in [0, 0.1) is 5.92 Å². The third kappa shape index (κ3) is 3.68. The van der Waals surface area contributed by atoms with Gasteiger partial charge in [0.15, 0.2) is 0 Å². The van der Waals surface area contributed by atoms with Crippen LogP contribution in [0.4, 0.5) is 0 Å². The zero-order valence-corrected chi connectivity index (χ0v) is 11.2. The first-order valence-electron chi connectivity index (χ1n) is 6.27. The van der Waals surface area contributed by atoms with Crippen LogP contribution < -0.4 is 5.32 Å². The van der Waals surface area contributed by atoms with Gasteiger partial charge in [-0.2, -0.15) is 0 Å². The molecule has 0 aromatic rings. The van der Waals surface area contributed by atoms with Gasteiger partial charge in [-0.05, 0) is 13.3 Å². The summed E-state index contributed by atoms with van der Waals surface area (Å²) in [6.07, 6.45) is 0.711. The number of likely N-dealkylation sites (N-methyl/N-ethyl adjacent to an activating group) is 1. The van der Waals surface area contributed by atoms with Gasteiger partial charge in [-0.1, -0.05) is 6.92 Å². The zero-order valence-electron chi connectivity index (χ0n) is 11.2. The van der Waals surface area contributed by atoms with Crippen LogP contribution in [-0.2, 0) is 14.3 Å². The third-order valence-corrected chi connectivity index (χ3v) is 3.33. The topological polar surface area (TPSA) is 78.9 Å². The van der Waals surface area contributed by atoms with Crippen molar-refractivity contribution in [3.63, 3.8) is 0 Å². The van der Waals surface area contributed by atoms with Gasteiger partial charge < -0.3 is 20.1 Å². The molecule has 0 bridgehead atoms. The normalized spacial score (nSPS) is 24.8. The molecule has 0 radical (unpaired) electrons. The van der Waals surface area contributed by atoms with Gasteiger partial charge in [-0.3, -0.25) is 9.59 Å². The van der Waals surface area contributed by atoms with Crippen molar-refractivity contribution in [3.8, 4) is 0 Å². The van der Waals surface area contributed by atoms with E-state index in [4.69, 9.17) is 9.84 Å². The molecule has 1 saturated heterocycles. The van der Waals surface area contributed by atoms with E-state index in [9.17, 15) is 9.59 Å². The first kappa shape index (κ1) is 14.9. The molecule has 1 heterocycles. The van der Waals surface area contributed by atoms with Crippen molar-refractivity contribution < 1.29 is 19.4 Å². The molecule has 1 rings (SSSR count). The Kier molecular flexibility index (Phi) is 5.55. The van der Waals surface area contributed by atoms with Gasteiger partial charge in [0.1, 0.15) is 0 Å². The van der Waals surface area contributed by atoms with Crippen LogP contribution in [0.5, 0.6) is 0 Å². The van der Waals surface area contributed by atoms with Crippen molar-refractivity contribution in [2.45, 2.75) is 32.4 Å². The number of ether oxygens (including phenoxy) is 1. The largest absolute Gasteiger partial charge is 0.481 e. The maximum Gasteiger partial charge on any atom is 0.308 e. The molecule has 6 nitrogen and oxygen atoms in total. The van der Waals surface area contributed by atoms with Crippen LogP contribution in [0.15, 0.2) is 0 Å². The zero-order chi connectivity index (χ0) is 13.7. The second-order valence-electron chi connectivity index (χ2n) is 4.67. The summed E-state index contributed by atoms with van der Waals surface area (Å²) < 4.78 is 5.20. The standard InChI is InChI=1S/C12H22N2O4/c1-4-14(7-8(2)12(16)17)11(15)10-5-9(18-3)6-13-10/h8-10,13H,4-7H2,1-3H3,(H,16,17). The van der Waals surface area contributed by atoms with E-state index in [1.165, 1.54) is 0 Å². The lowest BCUT2D eigenvalue weighted by Crippen LogP contribution is -2.46. The summed E-state index contributed by atoms with van der Waals surface area (Å²) in [6.45, 7) is 4.90. The highest BCUT2D eigenvalue weighted by atomic mass is 16.5. The fraction of sp³-hybridized carbons (Fsp3) is 0.833. The van der Waals surface area contributed by atoms with Crippen molar-refractivity contribution >= 4 is 11.9 Å². The minimum Gasteiger partial charge on any atom is -0.481 e. The molecule has 0 aliphatic carbocycles. The average Bonchev–Trinajstić information content (AvgIpc) is 2.83. The smallest absolute Gasteiger partial charge is 0.308 e. The number of aliphatic carboxylic acids is 1. The predicted molar refractivity (Wildman–Crippen MR) is 66.3 cm³/mol. The number of amides is 1. The lowest BCUT2D eigenvalue weighted by molar-refractivity contribution is -0.143. The maximum absolute atomic E-state index is 12.2. The van der Waals surface area contributed by atoms with Crippen LogP contribution in [0.1, 0.15) is 20.3 Å². The van der Waals surface area contributed by atoms with Crippen LogP contribution in [-0.4, -0.2) is 60.8 Å². The van der Waals surface area contributed by atoms with E-state index in [2.05, 4.69) is 5.32 Å². The van der Waals surface area contributed by atoms with Gasteiger partial charge in [0, 0.05) is 26.7 Å². The highest BCUT2D eigenvalue weighted by Crippen LogP contribution is 2.13. The Balaban J connectivity index is 2.54. The Labute approximate surface area is 107 Å². The van der Waals surface area contributed by atoms with Gasteiger partial charge >= 0.3 is 5.97 Å². The molecule has 2 N–H and O–H groups in total. The van der Waals surface area contributed by atoms with E-state index in [-0.39, 0.29) is 24.6 Å². The van der Waals surface area contributed by atoms with Crippen LogP contribution in [0.2, 0.25) is 0 Å². The first-order chi connectivity index (χ1) is 8.49. The number of nitrogens with zero attached hydrogens (tertiary/aromatic N) is 1. The molecule has 1 aliphatic rings. The van der Waals surface area contributed by atoms with E-state index in [1.54, 1.807) is 18.9 Å². The van der Waals surface area contributed by atoms with Gasteiger partial charge in [0.25, 0.3) is 0 Å². The molecule has 104 valence electrons.